The minimum Gasteiger partial charge on any atom is -0.397 e. The maximum atomic E-state index is 5.66. The molecule has 0 unspecified atom stereocenters. The first-order chi connectivity index (χ1) is 5.74. The highest BCUT2D eigenvalue weighted by molar-refractivity contribution is 6.29. The van der Waals surface area contributed by atoms with Crippen LogP contribution in [0.4, 0.5) is 5.69 Å². The summed E-state index contributed by atoms with van der Waals surface area (Å²) in [6, 6.07) is 3.36. The zero-order valence-electron chi connectivity index (χ0n) is 6.30. The molecule has 0 aliphatic rings. The summed E-state index contributed by atoms with van der Waals surface area (Å²) >= 11 is 11.1. The number of anilines is 1. The van der Waals surface area contributed by atoms with Crippen LogP contribution in [-0.4, -0.2) is 10.9 Å². The van der Waals surface area contributed by atoms with Crippen molar-refractivity contribution in [3.8, 4) is 0 Å². The molecular formula is C8H8Cl2N2. The maximum absolute atomic E-state index is 5.66. The van der Waals surface area contributed by atoms with E-state index in [2.05, 4.69) is 4.98 Å². The van der Waals surface area contributed by atoms with Crippen LogP contribution in [0.1, 0.15) is 5.69 Å². The van der Waals surface area contributed by atoms with Crippen LogP contribution in [0.3, 0.4) is 0 Å². The fourth-order valence-corrected chi connectivity index (χ4v) is 0.994. The Kier molecular flexibility index (Phi) is 3.38. The molecule has 0 amide bonds. The summed E-state index contributed by atoms with van der Waals surface area (Å²) in [4.78, 5) is 4.01. The van der Waals surface area contributed by atoms with Gasteiger partial charge in [0.2, 0.25) is 0 Å². The Morgan fingerprint density at radius 3 is 2.92 bits per heavy atom. The van der Waals surface area contributed by atoms with Gasteiger partial charge in [0.15, 0.2) is 0 Å². The van der Waals surface area contributed by atoms with Crippen LogP contribution in [0, 0.1) is 0 Å². The van der Waals surface area contributed by atoms with E-state index in [1.807, 2.05) is 0 Å². The first-order valence-corrected chi connectivity index (χ1v) is 4.30. The molecule has 64 valence electrons. The molecule has 1 rings (SSSR count). The summed E-state index contributed by atoms with van der Waals surface area (Å²) < 4.78 is 0. The lowest BCUT2D eigenvalue weighted by Crippen LogP contribution is -1.92. The van der Waals surface area contributed by atoms with Gasteiger partial charge in [0.05, 0.1) is 11.4 Å². The third-order valence-corrected chi connectivity index (χ3v) is 1.68. The van der Waals surface area contributed by atoms with E-state index < -0.39 is 0 Å². The second-order valence-corrected chi connectivity index (χ2v) is 2.86. The largest absolute Gasteiger partial charge is 0.397 e. The molecule has 0 bridgehead atoms. The molecule has 1 heterocycles. The van der Waals surface area contributed by atoms with Crippen molar-refractivity contribution in [2.45, 2.75) is 0 Å². The minimum absolute atomic E-state index is 0.429. The number of pyridine rings is 1. The van der Waals surface area contributed by atoms with Gasteiger partial charge in [-0.1, -0.05) is 17.7 Å². The van der Waals surface area contributed by atoms with Crippen LogP contribution in [0.25, 0.3) is 6.08 Å². The number of halogens is 2. The Morgan fingerprint density at radius 1 is 1.50 bits per heavy atom. The van der Waals surface area contributed by atoms with Crippen LogP contribution >= 0.6 is 23.2 Å². The molecule has 0 atom stereocenters. The van der Waals surface area contributed by atoms with Gasteiger partial charge in [-0.25, -0.2) is 4.98 Å². The van der Waals surface area contributed by atoms with Crippen molar-refractivity contribution in [2.75, 3.05) is 11.6 Å². The summed E-state index contributed by atoms with van der Waals surface area (Å²) in [6.45, 7) is 0. The van der Waals surface area contributed by atoms with Crippen molar-refractivity contribution < 1.29 is 0 Å². The molecule has 0 radical (unpaired) electrons. The number of nitrogens with zero attached hydrogens (tertiary/aromatic N) is 1. The zero-order chi connectivity index (χ0) is 8.97. The van der Waals surface area contributed by atoms with Gasteiger partial charge in [-0.2, -0.15) is 0 Å². The van der Waals surface area contributed by atoms with Gasteiger partial charge in [0.1, 0.15) is 5.15 Å². The van der Waals surface area contributed by atoms with E-state index in [-0.39, 0.29) is 0 Å². The number of aromatic nitrogens is 1. The third kappa shape index (κ3) is 2.40. The van der Waals surface area contributed by atoms with Crippen molar-refractivity contribution in [1.82, 2.24) is 4.98 Å². The summed E-state index contributed by atoms with van der Waals surface area (Å²) in [6.07, 6.45) is 3.50. The van der Waals surface area contributed by atoms with E-state index in [1.54, 1.807) is 24.3 Å². The maximum Gasteiger partial charge on any atom is 0.129 e. The van der Waals surface area contributed by atoms with Crippen LogP contribution in [0.5, 0.6) is 0 Å². The fraction of sp³-hybridized carbons (Fsp3) is 0.125. The van der Waals surface area contributed by atoms with Crippen LogP contribution in [-0.2, 0) is 0 Å². The smallest absolute Gasteiger partial charge is 0.129 e. The zero-order valence-corrected chi connectivity index (χ0v) is 7.81. The topological polar surface area (TPSA) is 38.9 Å². The SMILES string of the molecule is Nc1ccc(Cl)nc1C=CCCl. The number of nitrogens with two attached hydrogens (primary N) is 1. The molecule has 0 aliphatic carbocycles. The van der Waals surface area contributed by atoms with Gasteiger partial charge in [-0.3, -0.25) is 0 Å². The number of alkyl halides is 1. The molecular weight excluding hydrogens is 195 g/mol. The fourth-order valence-electron chi connectivity index (χ4n) is 0.750. The molecule has 12 heavy (non-hydrogen) atoms. The Morgan fingerprint density at radius 2 is 2.25 bits per heavy atom. The molecule has 1 aromatic rings. The van der Waals surface area contributed by atoms with E-state index in [9.17, 15) is 0 Å². The predicted molar refractivity (Wildman–Crippen MR) is 53.4 cm³/mol. The van der Waals surface area contributed by atoms with Gasteiger partial charge in [0.25, 0.3) is 0 Å². The van der Waals surface area contributed by atoms with Crippen molar-refractivity contribution in [3.63, 3.8) is 0 Å². The van der Waals surface area contributed by atoms with Gasteiger partial charge in [-0.15, -0.1) is 11.6 Å². The molecule has 0 saturated carbocycles. The van der Waals surface area contributed by atoms with Gasteiger partial charge in [0, 0.05) is 5.88 Å². The monoisotopic (exact) mass is 202 g/mol. The van der Waals surface area contributed by atoms with Gasteiger partial charge < -0.3 is 5.73 Å². The highest BCUT2D eigenvalue weighted by atomic mass is 35.5. The second kappa shape index (κ2) is 4.33. The van der Waals surface area contributed by atoms with Crippen LogP contribution < -0.4 is 5.73 Å². The molecule has 0 aromatic carbocycles. The standard InChI is InChI=1S/C8H8Cl2N2/c9-5-1-2-7-6(11)3-4-8(10)12-7/h1-4H,5,11H2. The molecule has 1 aromatic heterocycles. The highest BCUT2D eigenvalue weighted by Gasteiger charge is 1.96. The van der Waals surface area contributed by atoms with Crippen LogP contribution in [0.2, 0.25) is 5.15 Å². The number of allylic oxidation sites excluding steroid dienone is 1. The quantitative estimate of drug-likeness (QED) is 0.592. The lowest BCUT2D eigenvalue weighted by atomic mass is 10.3. The average Bonchev–Trinajstić information content (AvgIpc) is 2.07. The Hall–Kier alpha value is -0.730. The van der Waals surface area contributed by atoms with Crippen molar-refractivity contribution in [1.29, 1.82) is 0 Å². The lowest BCUT2D eigenvalue weighted by Gasteiger charge is -1.98. The Bertz CT molecular complexity index is 297. The number of nitrogen functional groups attached to an aromatic ring is 1. The van der Waals surface area contributed by atoms with Gasteiger partial charge in [-0.05, 0) is 18.2 Å². The van der Waals surface area contributed by atoms with E-state index >= 15 is 0 Å². The van der Waals surface area contributed by atoms with Crippen molar-refractivity contribution in [3.05, 3.63) is 29.1 Å². The predicted octanol–water partition coefficient (Wildman–Crippen LogP) is 2.57. The summed E-state index contributed by atoms with van der Waals surface area (Å²) in [7, 11) is 0. The third-order valence-electron chi connectivity index (χ3n) is 1.29. The highest BCUT2D eigenvalue weighted by Crippen LogP contribution is 2.14. The molecule has 2 N–H and O–H groups in total. The Labute approximate surface area is 81.0 Å². The molecule has 2 nitrogen and oxygen atoms in total. The first-order valence-electron chi connectivity index (χ1n) is 3.38. The number of rotatable bonds is 2. The summed E-state index contributed by atoms with van der Waals surface area (Å²) in [5.41, 5.74) is 6.87. The average molecular weight is 203 g/mol. The van der Waals surface area contributed by atoms with E-state index in [4.69, 9.17) is 28.9 Å². The molecule has 0 fully saturated rings. The molecule has 0 spiro atoms. The van der Waals surface area contributed by atoms with Gasteiger partial charge >= 0.3 is 0 Å². The van der Waals surface area contributed by atoms with E-state index in [0.717, 1.165) is 0 Å². The molecule has 0 saturated heterocycles. The summed E-state index contributed by atoms with van der Waals surface area (Å²) in [5, 5.41) is 0.429. The summed E-state index contributed by atoms with van der Waals surface area (Å²) in [5.74, 6) is 0.438. The number of hydrogen-bond acceptors (Lipinski definition) is 2. The normalized spacial score (nSPS) is 10.8. The van der Waals surface area contributed by atoms with Crippen molar-refractivity contribution >= 4 is 35.0 Å². The lowest BCUT2D eigenvalue weighted by molar-refractivity contribution is 1.30. The first kappa shape index (κ1) is 9.36. The number of hydrogen-bond donors (Lipinski definition) is 1. The van der Waals surface area contributed by atoms with Crippen molar-refractivity contribution in [2.24, 2.45) is 0 Å². The van der Waals surface area contributed by atoms with Crippen LogP contribution in [0.15, 0.2) is 18.2 Å². The Balaban J connectivity index is 2.97. The second-order valence-electron chi connectivity index (χ2n) is 2.17. The minimum atomic E-state index is 0.429. The molecule has 4 heteroatoms. The molecule has 0 aliphatic heterocycles. The van der Waals surface area contributed by atoms with E-state index in [1.165, 1.54) is 0 Å². The van der Waals surface area contributed by atoms with E-state index in [0.29, 0.717) is 22.4 Å².